The van der Waals surface area contributed by atoms with Crippen LogP contribution in [0.4, 0.5) is 5.69 Å². The van der Waals surface area contributed by atoms with Crippen molar-refractivity contribution >= 4 is 23.0 Å². The van der Waals surface area contributed by atoms with Crippen molar-refractivity contribution < 1.29 is 14.2 Å². The number of hydrogen-bond acceptors (Lipinski definition) is 4. The Balaban J connectivity index is 2.06. The summed E-state index contributed by atoms with van der Waals surface area (Å²) in [6.07, 6.45) is 0. The summed E-state index contributed by atoms with van der Waals surface area (Å²) < 4.78 is 15.9. The van der Waals surface area contributed by atoms with Gasteiger partial charge in [0.05, 0.1) is 33.1 Å². The van der Waals surface area contributed by atoms with Gasteiger partial charge in [-0.1, -0.05) is 18.2 Å². The molecule has 0 fully saturated rings. The molecule has 2 aromatic carbocycles. The van der Waals surface area contributed by atoms with Crippen LogP contribution < -0.4 is 24.8 Å². The summed E-state index contributed by atoms with van der Waals surface area (Å²) in [5, 5.41) is 6.92. The van der Waals surface area contributed by atoms with Crippen molar-refractivity contribution in [1.82, 2.24) is 5.32 Å². The number of nitrogens with one attached hydrogen (secondary N) is 2. The quantitative estimate of drug-likeness (QED) is 0.777. The Bertz CT molecular complexity index is 706. The minimum atomic E-state index is -0.000451. The first-order valence-corrected chi connectivity index (χ1v) is 7.92. The molecule has 0 saturated heterocycles. The largest absolute Gasteiger partial charge is 0.495 e. The van der Waals surface area contributed by atoms with E-state index in [1.54, 1.807) is 21.3 Å². The summed E-state index contributed by atoms with van der Waals surface area (Å²) in [5.41, 5.74) is 1.86. The van der Waals surface area contributed by atoms with Gasteiger partial charge < -0.3 is 24.8 Å². The molecule has 128 valence electrons. The van der Waals surface area contributed by atoms with E-state index >= 15 is 0 Å². The Morgan fingerprint density at radius 2 is 1.58 bits per heavy atom. The third-order valence-electron chi connectivity index (χ3n) is 3.61. The summed E-state index contributed by atoms with van der Waals surface area (Å²) in [7, 11) is 4.86. The number of para-hydroxylation sites is 2. The molecule has 1 unspecified atom stereocenters. The first kappa shape index (κ1) is 17.9. The normalized spacial score (nSPS) is 11.3. The molecular formula is C18H22N2O3S. The molecule has 1 atom stereocenters. The summed E-state index contributed by atoms with van der Waals surface area (Å²) >= 11 is 5.40. The van der Waals surface area contributed by atoms with Gasteiger partial charge in [-0.15, -0.1) is 0 Å². The topological polar surface area (TPSA) is 51.8 Å². The monoisotopic (exact) mass is 346 g/mol. The molecule has 0 aliphatic rings. The van der Waals surface area contributed by atoms with Crippen molar-refractivity contribution in [3.05, 3.63) is 48.0 Å². The molecule has 6 heteroatoms. The Morgan fingerprint density at radius 3 is 2.25 bits per heavy atom. The first-order valence-electron chi connectivity index (χ1n) is 7.51. The maximum atomic E-state index is 5.40. The van der Waals surface area contributed by atoms with Gasteiger partial charge in [-0.25, -0.2) is 0 Å². The van der Waals surface area contributed by atoms with Crippen LogP contribution >= 0.6 is 12.2 Å². The van der Waals surface area contributed by atoms with E-state index in [0.29, 0.717) is 16.6 Å². The zero-order valence-electron chi connectivity index (χ0n) is 14.3. The first-order chi connectivity index (χ1) is 11.6. The lowest BCUT2D eigenvalue weighted by Gasteiger charge is -2.19. The van der Waals surface area contributed by atoms with Gasteiger partial charge in [0.15, 0.2) is 16.6 Å². The SMILES string of the molecule is COc1ccccc1NC(=S)NC(C)c1ccc(OC)c(OC)c1. The molecule has 0 heterocycles. The van der Waals surface area contributed by atoms with E-state index < -0.39 is 0 Å². The van der Waals surface area contributed by atoms with Crippen molar-refractivity contribution in [2.45, 2.75) is 13.0 Å². The van der Waals surface area contributed by atoms with Gasteiger partial charge in [0.25, 0.3) is 0 Å². The summed E-state index contributed by atoms with van der Waals surface area (Å²) in [6.45, 7) is 2.03. The average Bonchev–Trinajstić information content (AvgIpc) is 2.61. The molecule has 24 heavy (non-hydrogen) atoms. The van der Waals surface area contributed by atoms with E-state index in [-0.39, 0.29) is 6.04 Å². The molecule has 0 radical (unpaired) electrons. The maximum absolute atomic E-state index is 5.40. The van der Waals surface area contributed by atoms with E-state index in [0.717, 1.165) is 17.0 Å². The van der Waals surface area contributed by atoms with Gasteiger partial charge in [-0.05, 0) is 49.0 Å². The molecule has 0 aliphatic carbocycles. The smallest absolute Gasteiger partial charge is 0.171 e. The Morgan fingerprint density at radius 1 is 0.917 bits per heavy atom. The third-order valence-corrected chi connectivity index (χ3v) is 3.83. The predicted molar refractivity (Wildman–Crippen MR) is 100 cm³/mol. The van der Waals surface area contributed by atoms with E-state index in [1.165, 1.54) is 0 Å². The van der Waals surface area contributed by atoms with Crippen LogP contribution in [0.15, 0.2) is 42.5 Å². The fourth-order valence-corrected chi connectivity index (χ4v) is 2.60. The molecule has 2 aromatic rings. The van der Waals surface area contributed by atoms with Crippen LogP contribution in [0.2, 0.25) is 0 Å². The number of ether oxygens (including phenoxy) is 3. The third kappa shape index (κ3) is 4.29. The van der Waals surface area contributed by atoms with Crippen LogP contribution in [0.5, 0.6) is 17.2 Å². The highest BCUT2D eigenvalue weighted by Gasteiger charge is 2.12. The molecule has 5 nitrogen and oxygen atoms in total. The van der Waals surface area contributed by atoms with E-state index in [4.69, 9.17) is 26.4 Å². The van der Waals surface area contributed by atoms with Crippen LogP contribution in [-0.2, 0) is 0 Å². The lowest BCUT2D eigenvalue weighted by molar-refractivity contribution is 0.354. The Hall–Kier alpha value is -2.47. The van der Waals surface area contributed by atoms with Crippen molar-refractivity contribution in [1.29, 1.82) is 0 Å². The van der Waals surface area contributed by atoms with Gasteiger partial charge in [0.2, 0.25) is 0 Å². The summed E-state index contributed by atoms with van der Waals surface area (Å²) in [6, 6.07) is 13.4. The second kappa shape index (κ2) is 8.40. The van der Waals surface area contributed by atoms with Crippen LogP contribution in [0, 0.1) is 0 Å². The lowest BCUT2D eigenvalue weighted by Crippen LogP contribution is -2.31. The minimum absolute atomic E-state index is 0.000451. The average molecular weight is 346 g/mol. The molecule has 0 amide bonds. The zero-order chi connectivity index (χ0) is 17.5. The summed E-state index contributed by atoms with van der Waals surface area (Å²) in [4.78, 5) is 0. The molecule has 2 rings (SSSR count). The van der Waals surface area contributed by atoms with Crippen molar-refractivity contribution in [2.24, 2.45) is 0 Å². The highest BCUT2D eigenvalue weighted by atomic mass is 32.1. The van der Waals surface area contributed by atoms with Gasteiger partial charge >= 0.3 is 0 Å². The van der Waals surface area contributed by atoms with Gasteiger partial charge in [-0.3, -0.25) is 0 Å². The zero-order valence-corrected chi connectivity index (χ0v) is 15.1. The number of methoxy groups -OCH3 is 3. The molecule has 0 spiro atoms. The second-order valence-electron chi connectivity index (χ2n) is 5.13. The Labute approximate surface area is 147 Å². The van der Waals surface area contributed by atoms with Crippen molar-refractivity contribution in [3.63, 3.8) is 0 Å². The highest BCUT2D eigenvalue weighted by Crippen LogP contribution is 2.30. The molecule has 2 N–H and O–H groups in total. The van der Waals surface area contributed by atoms with E-state index in [1.807, 2.05) is 49.4 Å². The highest BCUT2D eigenvalue weighted by molar-refractivity contribution is 7.80. The minimum Gasteiger partial charge on any atom is -0.495 e. The maximum Gasteiger partial charge on any atom is 0.171 e. The number of hydrogen-bond donors (Lipinski definition) is 2. The number of anilines is 1. The molecule has 0 aromatic heterocycles. The number of rotatable bonds is 6. The van der Waals surface area contributed by atoms with E-state index in [2.05, 4.69) is 10.6 Å². The van der Waals surface area contributed by atoms with Crippen molar-refractivity contribution in [2.75, 3.05) is 26.6 Å². The van der Waals surface area contributed by atoms with Gasteiger partial charge in [-0.2, -0.15) is 0 Å². The summed E-state index contributed by atoms with van der Waals surface area (Å²) in [5.74, 6) is 2.12. The molecule has 0 aliphatic heterocycles. The number of benzene rings is 2. The fourth-order valence-electron chi connectivity index (χ4n) is 2.31. The molecular weight excluding hydrogens is 324 g/mol. The predicted octanol–water partition coefficient (Wildman–Crippen LogP) is 3.76. The van der Waals surface area contributed by atoms with Gasteiger partial charge in [0, 0.05) is 0 Å². The fraction of sp³-hybridized carbons (Fsp3) is 0.278. The second-order valence-corrected chi connectivity index (χ2v) is 5.54. The van der Waals surface area contributed by atoms with Crippen molar-refractivity contribution in [3.8, 4) is 17.2 Å². The molecule has 0 saturated carbocycles. The van der Waals surface area contributed by atoms with Crippen LogP contribution in [0.1, 0.15) is 18.5 Å². The van der Waals surface area contributed by atoms with Crippen LogP contribution in [0.3, 0.4) is 0 Å². The van der Waals surface area contributed by atoms with Crippen LogP contribution in [0.25, 0.3) is 0 Å². The van der Waals surface area contributed by atoms with Gasteiger partial charge in [0.1, 0.15) is 5.75 Å². The van der Waals surface area contributed by atoms with Crippen LogP contribution in [-0.4, -0.2) is 26.4 Å². The molecule has 0 bridgehead atoms. The van der Waals surface area contributed by atoms with E-state index in [9.17, 15) is 0 Å². The lowest BCUT2D eigenvalue weighted by atomic mass is 10.1. The number of thiocarbonyl (C=S) groups is 1. The standard InChI is InChI=1S/C18H22N2O3S/c1-12(13-9-10-16(22-3)17(11-13)23-4)19-18(24)20-14-7-5-6-8-15(14)21-2/h5-12H,1-4H3,(H2,19,20,24). The Kier molecular flexibility index (Phi) is 6.26.